The second-order valence-electron chi connectivity index (χ2n) is 18.7. The highest BCUT2D eigenvalue weighted by Gasteiger charge is 2.41. The molecule has 0 unspecified atom stereocenters. The normalized spacial score (nSPS) is 11.9. The lowest BCUT2D eigenvalue weighted by Crippen LogP contribution is -2.74. The van der Waals surface area contributed by atoms with Crippen molar-refractivity contribution in [3.8, 4) is 34.3 Å². The molecule has 0 bridgehead atoms. The molecule has 0 aliphatic heterocycles. The van der Waals surface area contributed by atoms with E-state index in [1.165, 1.54) is 31.5 Å². The molecule has 0 amide bonds. The van der Waals surface area contributed by atoms with Crippen LogP contribution < -0.4 is 20.7 Å². The number of aromatic nitrogens is 3. The van der Waals surface area contributed by atoms with Crippen molar-refractivity contribution >= 4 is 94.2 Å². The van der Waals surface area contributed by atoms with Crippen molar-refractivity contribution in [2.45, 2.75) is 0 Å². The molecular weight excluding hydrogens is 889 g/mol. The Balaban J connectivity index is 1.07. The Labute approximate surface area is 417 Å². The molecule has 0 aliphatic rings. The van der Waals surface area contributed by atoms with E-state index in [4.69, 9.17) is 0 Å². The summed E-state index contributed by atoms with van der Waals surface area (Å²) in [6.07, 6.45) is 0. The van der Waals surface area contributed by atoms with Gasteiger partial charge < -0.3 is 13.7 Å². The summed E-state index contributed by atoms with van der Waals surface area (Å²) in [4.78, 5) is 0. The largest absolute Gasteiger partial charge is 0.309 e. The van der Waals surface area contributed by atoms with Gasteiger partial charge in [0.1, 0.15) is 11.6 Å². The molecule has 0 saturated heterocycles. The SMILES string of the molecule is N#Cc1c(-n2c3ccccc3c3ccccc32)cc(-c2ccccc2-n2c3ccccc3c3cc([Si](c4ccccc4)(c4ccccc4)c4ccccc4)ccc32)cc1-n1c2ccccc2c2ccccc21. The van der Waals surface area contributed by atoms with Crippen molar-refractivity contribution in [3.63, 3.8) is 0 Å². The molecular formula is C67H44N4Si. The van der Waals surface area contributed by atoms with Gasteiger partial charge in [0.05, 0.1) is 50.2 Å². The Morgan fingerprint density at radius 2 is 0.611 bits per heavy atom. The van der Waals surface area contributed by atoms with Crippen molar-refractivity contribution in [3.05, 3.63) is 272 Å². The minimum atomic E-state index is -2.83. The van der Waals surface area contributed by atoms with Gasteiger partial charge in [0.2, 0.25) is 0 Å². The van der Waals surface area contributed by atoms with Gasteiger partial charge in [0.25, 0.3) is 0 Å². The zero-order valence-electron chi connectivity index (χ0n) is 39.2. The van der Waals surface area contributed by atoms with Gasteiger partial charge in [0, 0.05) is 37.9 Å². The van der Waals surface area contributed by atoms with Gasteiger partial charge >= 0.3 is 0 Å². The predicted octanol–water partition coefficient (Wildman–Crippen LogP) is 13.9. The van der Waals surface area contributed by atoms with Crippen LogP contribution in [0.2, 0.25) is 0 Å². The number of rotatable bonds is 8. The van der Waals surface area contributed by atoms with E-state index in [0.29, 0.717) is 5.56 Å². The van der Waals surface area contributed by atoms with Gasteiger partial charge in [-0.15, -0.1) is 0 Å². The first-order valence-corrected chi connectivity index (χ1v) is 26.6. The molecule has 0 saturated carbocycles. The minimum Gasteiger partial charge on any atom is -0.309 e. The minimum absolute atomic E-state index is 0.599. The van der Waals surface area contributed by atoms with E-state index in [1.54, 1.807) is 0 Å². The van der Waals surface area contributed by atoms with Gasteiger partial charge in [-0.05, 0) is 80.9 Å². The molecule has 0 atom stereocenters. The zero-order valence-corrected chi connectivity index (χ0v) is 40.2. The van der Waals surface area contributed by atoms with E-state index >= 15 is 0 Å². The summed E-state index contributed by atoms with van der Waals surface area (Å²) >= 11 is 0. The number of fused-ring (bicyclic) bond motifs is 9. The molecule has 3 aromatic heterocycles. The van der Waals surface area contributed by atoms with Crippen molar-refractivity contribution in [2.24, 2.45) is 0 Å². The second kappa shape index (κ2) is 16.6. The maximum atomic E-state index is 11.6. The summed E-state index contributed by atoms with van der Waals surface area (Å²) in [6, 6.07) is 99.9. The van der Waals surface area contributed by atoms with Crippen LogP contribution in [-0.2, 0) is 0 Å². The molecule has 0 radical (unpaired) electrons. The highest BCUT2D eigenvalue weighted by atomic mass is 28.3. The lowest BCUT2D eigenvalue weighted by atomic mass is 9.98. The molecule has 3 heterocycles. The topological polar surface area (TPSA) is 38.6 Å². The Hall–Kier alpha value is -9.47. The molecule has 0 spiro atoms. The van der Waals surface area contributed by atoms with Gasteiger partial charge in [-0.1, -0.05) is 212 Å². The molecule has 4 nitrogen and oxygen atoms in total. The number of para-hydroxylation sites is 6. The summed E-state index contributed by atoms with van der Waals surface area (Å²) in [5, 5.41) is 23.9. The number of nitrogens with zero attached hydrogens (tertiary/aromatic N) is 4. The van der Waals surface area contributed by atoms with Crippen LogP contribution >= 0.6 is 0 Å². The van der Waals surface area contributed by atoms with E-state index in [-0.39, 0.29) is 0 Å². The number of nitriles is 1. The summed E-state index contributed by atoms with van der Waals surface area (Å²) in [5.41, 5.74) is 11.8. The summed E-state index contributed by atoms with van der Waals surface area (Å²) < 4.78 is 7.06. The Morgan fingerprint density at radius 1 is 0.278 bits per heavy atom. The zero-order chi connectivity index (χ0) is 47.8. The molecule has 0 N–H and O–H groups in total. The number of hydrogen-bond acceptors (Lipinski definition) is 1. The van der Waals surface area contributed by atoms with Crippen molar-refractivity contribution < 1.29 is 0 Å². The molecule has 0 fully saturated rings. The smallest absolute Gasteiger partial charge is 0.179 e. The van der Waals surface area contributed by atoms with Gasteiger partial charge in [-0.3, -0.25) is 0 Å². The van der Waals surface area contributed by atoms with Crippen LogP contribution in [0.25, 0.3) is 93.6 Å². The van der Waals surface area contributed by atoms with Gasteiger partial charge in [-0.2, -0.15) is 5.26 Å². The van der Waals surface area contributed by atoms with Crippen LogP contribution in [0.4, 0.5) is 0 Å². The van der Waals surface area contributed by atoms with Crippen LogP contribution in [0, 0.1) is 11.3 Å². The van der Waals surface area contributed by atoms with Crippen LogP contribution in [0.15, 0.2) is 267 Å². The van der Waals surface area contributed by atoms with E-state index in [1.807, 2.05) is 0 Å². The van der Waals surface area contributed by atoms with E-state index in [2.05, 4.69) is 287 Å². The average Bonchev–Trinajstić information content (AvgIpc) is 4.09. The summed E-state index contributed by atoms with van der Waals surface area (Å²) in [6.45, 7) is 0. The Morgan fingerprint density at radius 3 is 1.03 bits per heavy atom. The summed E-state index contributed by atoms with van der Waals surface area (Å²) in [5.74, 6) is 0. The first kappa shape index (κ1) is 41.5. The molecule has 5 heteroatoms. The first-order valence-electron chi connectivity index (χ1n) is 24.6. The van der Waals surface area contributed by atoms with Gasteiger partial charge in [0.15, 0.2) is 8.07 Å². The van der Waals surface area contributed by atoms with Crippen LogP contribution in [0.5, 0.6) is 0 Å². The van der Waals surface area contributed by atoms with Crippen molar-refractivity contribution in [1.82, 2.24) is 13.7 Å². The maximum absolute atomic E-state index is 11.6. The molecule has 0 aliphatic carbocycles. The third-order valence-corrected chi connectivity index (χ3v) is 19.8. The standard InChI is InChI=1S/C67H44N4Si/c68-45-58-66(70-60-35-17-11-29-52(60)53-30-12-18-36-61(53)70)42-46(43-67(58)71-62-37-19-13-31-54(62)55-32-14-20-38-63(55)71)51-28-10-16-34-59(51)69-64-39-21-15-33-56(64)57-44-50(40-41-65(57)69)72(47-22-4-1-5-23-47,48-24-6-2-7-25-48)49-26-8-3-9-27-49/h1-44H. The van der Waals surface area contributed by atoms with E-state index in [9.17, 15) is 5.26 Å². The number of benzene rings is 11. The van der Waals surface area contributed by atoms with Crippen LogP contribution in [0.3, 0.4) is 0 Å². The Bertz CT molecular complexity index is 4120. The average molecular weight is 933 g/mol. The van der Waals surface area contributed by atoms with Crippen LogP contribution in [0.1, 0.15) is 5.56 Å². The molecule has 72 heavy (non-hydrogen) atoms. The lowest BCUT2D eigenvalue weighted by molar-refractivity contribution is 1.12. The molecule has 11 aromatic carbocycles. The fraction of sp³-hybridized carbons (Fsp3) is 0. The van der Waals surface area contributed by atoms with Crippen molar-refractivity contribution in [1.29, 1.82) is 5.26 Å². The molecule has 336 valence electrons. The lowest BCUT2D eigenvalue weighted by Gasteiger charge is -2.34. The quantitative estimate of drug-likeness (QED) is 0.111. The fourth-order valence-electron chi connectivity index (χ4n) is 12.0. The second-order valence-corrected chi connectivity index (χ2v) is 22.5. The molecule has 14 rings (SSSR count). The van der Waals surface area contributed by atoms with Crippen molar-refractivity contribution in [2.75, 3.05) is 0 Å². The molecule has 14 aromatic rings. The summed E-state index contributed by atoms with van der Waals surface area (Å²) in [7, 11) is -2.83. The predicted molar refractivity (Wildman–Crippen MR) is 303 cm³/mol. The third kappa shape index (κ3) is 6.10. The third-order valence-electron chi connectivity index (χ3n) is 15.0. The van der Waals surface area contributed by atoms with Crippen LogP contribution in [-0.4, -0.2) is 21.8 Å². The Kier molecular flexibility index (Phi) is 9.57. The monoisotopic (exact) mass is 932 g/mol. The maximum Gasteiger partial charge on any atom is 0.179 e. The van der Waals surface area contributed by atoms with E-state index < -0.39 is 8.07 Å². The first-order chi connectivity index (χ1) is 35.7. The van der Waals surface area contributed by atoms with Gasteiger partial charge in [-0.25, -0.2) is 0 Å². The number of hydrogen-bond donors (Lipinski definition) is 0. The van der Waals surface area contributed by atoms with E-state index in [0.717, 1.165) is 82.8 Å². The fourth-order valence-corrected chi connectivity index (χ4v) is 16.8. The highest BCUT2D eigenvalue weighted by Crippen LogP contribution is 2.42. The highest BCUT2D eigenvalue weighted by molar-refractivity contribution is 7.20.